The van der Waals surface area contributed by atoms with Crippen molar-refractivity contribution in [3.63, 3.8) is 0 Å². The Balaban J connectivity index is 2.00. The number of benzene rings is 1. The van der Waals surface area contributed by atoms with Gasteiger partial charge in [-0.15, -0.1) is 0 Å². The average molecular weight is 500 g/mol. The van der Waals surface area contributed by atoms with Crippen molar-refractivity contribution in [1.29, 1.82) is 0 Å². The van der Waals surface area contributed by atoms with Crippen LogP contribution in [0, 0.1) is 11.8 Å². The Labute approximate surface area is 213 Å². The summed E-state index contributed by atoms with van der Waals surface area (Å²) in [6, 6.07) is 7.37. The van der Waals surface area contributed by atoms with Gasteiger partial charge in [-0.3, -0.25) is 9.59 Å². The quantitative estimate of drug-likeness (QED) is 0.276. The Hall–Kier alpha value is -3.13. The van der Waals surface area contributed by atoms with Crippen molar-refractivity contribution in [3.05, 3.63) is 52.4 Å². The summed E-state index contributed by atoms with van der Waals surface area (Å²) in [6.07, 6.45) is 2.24. The number of Topliss-reactive ketones (excluding diaryl/α,β-unsaturated/α-hetero) is 1. The lowest BCUT2D eigenvalue weighted by molar-refractivity contribution is -0.151. The van der Waals surface area contributed by atoms with Crippen molar-refractivity contribution in [2.75, 3.05) is 33.5 Å². The van der Waals surface area contributed by atoms with Crippen LogP contribution in [0.5, 0.6) is 5.75 Å². The van der Waals surface area contributed by atoms with E-state index in [4.69, 9.17) is 18.9 Å². The molecule has 1 aromatic rings. The zero-order valence-electron chi connectivity index (χ0n) is 21.8. The molecule has 2 aliphatic rings. The van der Waals surface area contributed by atoms with E-state index in [2.05, 4.69) is 5.32 Å². The largest absolute Gasteiger partial charge is 0.494 e. The fraction of sp³-hybridized carbons (Fsp3) is 0.536. The van der Waals surface area contributed by atoms with Gasteiger partial charge in [0.25, 0.3) is 0 Å². The molecular formula is C28H37NO7. The first-order valence-corrected chi connectivity index (χ1v) is 12.6. The number of carbonyl (C=O) groups is 3. The van der Waals surface area contributed by atoms with Crippen LogP contribution in [0.3, 0.4) is 0 Å². The molecule has 0 fully saturated rings. The van der Waals surface area contributed by atoms with E-state index in [1.807, 2.05) is 45.0 Å². The lowest BCUT2D eigenvalue weighted by atomic mass is 9.69. The number of dihydropyridines is 1. The summed E-state index contributed by atoms with van der Waals surface area (Å²) >= 11 is 0. The molecule has 0 radical (unpaired) electrons. The maximum atomic E-state index is 13.8. The zero-order chi connectivity index (χ0) is 26.2. The van der Waals surface area contributed by atoms with Gasteiger partial charge < -0.3 is 24.3 Å². The molecule has 8 nitrogen and oxygen atoms in total. The predicted octanol–water partition coefficient (Wildman–Crippen LogP) is 4.06. The van der Waals surface area contributed by atoms with Crippen molar-refractivity contribution in [2.24, 2.45) is 11.8 Å². The number of methoxy groups -OCH3 is 1. The topological polar surface area (TPSA) is 100 Å². The van der Waals surface area contributed by atoms with Crippen molar-refractivity contribution in [1.82, 2.24) is 5.32 Å². The van der Waals surface area contributed by atoms with E-state index in [0.717, 1.165) is 24.1 Å². The first kappa shape index (κ1) is 27.5. The van der Waals surface area contributed by atoms with E-state index in [0.29, 0.717) is 48.8 Å². The van der Waals surface area contributed by atoms with Gasteiger partial charge in [0.2, 0.25) is 0 Å². The third kappa shape index (κ3) is 5.98. The molecule has 1 N–H and O–H groups in total. The third-order valence-corrected chi connectivity index (χ3v) is 6.46. The standard InChI is InChI=1S/C28H37NO7/c1-6-12-34-14-15-36-28(32)23-18(4)29-21-16-17(3)22(27(31)33-5)26(30)25(21)24(23)19-8-10-20(11-9-19)35-13-7-2/h8-11,17,22,24,29H,6-7,12-16H2,1-5H3/t17-,22+,24-/m0/s1. The molecule has 196 valence electrons. The van der Waals surface area contributed by atoms with Gasteiger partial charge in [-0.1, -0.05) is 32.9 Å². The molecule has 8 heteroatoms. The smallest absolute Gasteiger partial charge is 0.336 e. The Morgan fingerprint density at radius 2 is 1.72 bits per heavy atom. The summed E-state index contributed by atoms with van der Waals surface area (Å²) < 4.78 is 21.6. The van der Waals surface area contributed by atoms with Gasteiger partial charge in [-0.05, 0) is 49.8 Å². The highest BCUT2D eigenvalue weighted by molar-refractivity contribution is 6.12. The molecule has 0 amide bonds. The molecule has 36 heavy (non-hydrogen) atoms. The Kier molecular flexibility index (Phi) is 9.70. The second-order valence-corrected chi connectivity index (χ2v) is 9.20. The van der Waals surface area contributed by atoms with Crippen LogP contribution in [-0.2, 0) is 28.6 Å². The van der Waals surface area contributed by atoms with Crippen molar-refractivity contribution >= 4 is 17.7 Å². The lowest BCUT2D eigenvalue weighted by Gasteiger charge is -2.38. The van der Waals surface area contributed by atoms with Crippen LogP contribution in [0.4, 0.5) is 0 Å². The van der Waals surface area contributed by atoms with E-state index >= 15 is 0 Å². The number of esters is 2. The number of carbonyl (C=O) groups excluding carboxylic acids is 3. The van der Waals surface area contributed by atoms with Crippen LogP contribution in [-0.4, -0.2) is 51.3 Å². The fourth-order valence-corrected chi connectivity index (χ4v) is 4.78. The van der Waals surface area contributed by atoms with Crippen LogP contribution in [0.25, 0.3) is 0 Å². The van der Waals surface area contributed by atoms with Gasteiger partial charge in [-0.25, -0.2) is 4.79 Å². The molecule has 0 saturated carbocycles. The molecule has 0 spiro atoms. The molecule has 1 aliphatic carbocycles. The predicted molar refractivity (Wildman–Crippen MR) is 134 cm³/mol. The number of hydrogen-bond donors (Lipinski definition) is 1. The third-order valence-electron chi connectivity index (χ3n) is 6.46. The van der Waals surface area contributed by atoms with E-state index < -0.39 is 23.8 Å². The molecule has 0 unspecified atom stereocenters. The van der Waals surface area contributed by atoms with Crippen LogP contribution >= 0.6 is 0 Å². The van der Waals surface area contributed by atoms with Crippen molar-refractivity contribution < 1.29 is 33.3 Å². The van der Waals surface area contributed by atoms with Gasteiger partial charge in [0, 0.05) is 29.5 Å². The van der Waals surface area contributed by atoms with Gasteiger partial charge in [0.05, 0.1) is 25.9 Å². The number of hydrogen-bond acceptors (Lipinski definition) is 8. The van der Waals surface area contributed by atoms with Crippen LogP contribution < -0.4 is 10.1 Å². The number of ether oxygens (including phenoxy) is 4. The summed E-state index contributed by atoms with van der Waals surface area (Å²) in [6.45, 7) is 9.29. The highest BCUT2D eigenvalue weighted by Crippen LogP contribution is 2.45. The molecule has 1 heterocycles. The first-order chi connectivity index (χ1) is 17.3. The lowest BCUT2D eigenvalue weighted by Crippen LogP contribution is -2.43. The highest BCUT2D eigenvalue weighted by atomic mass is 16.6. The highest BCUT2D eigenvalue weighted by Gasteiger charge is 2.47. The van der Waals surface area contributed by atoms with Gasteiger partial charge in [0.15, 0.2) is 5.78 Å². The Morgan fingerprint density at radius 3 is 2.36 bits per heavy atom. The van der Waals surface area contributed by atoms with Gasteiger partial charge in [-0.2, -0.15) is 0 Å². The molecule has 3 rings (SSSR count). The maximum Gasteiger partial charge on any atom is 0.336 e. The van der Waals surface area contributed by atoms with E-state index in [1.54, 1.807) is 6.92 Å². The van der Waals surface area contributed by atoms with E-state index in [-0.39, 0.29) is 18.3 Å². The molecule has 1 aromatic carbocycles. The summed E-state index contributed by atoms with van der Waals surface area (Å²) in [4.78, 5) is 39.6. The summed E-state index contributed by atoms with van der Waals surface area (Å²) in [5.74, 6) is -2.56. The van der Waals surface area contributed by atoms with Crippen LogP contribution in [0.1, 0.15) is 58.4 Å². The SMILES string of the molecule is CCCOCCOC(=O)C1=C(C)NC2=C(C(=O)[C@H](C(=O)OC)[C@@H](C)C2)[C@H]1c1ccc(OCCC)cc1. The van der Waals surface area contributed by atoms with Crippen molar-refractivity contribution in [3.8, 4) is 5.75 Å². The minimum atomic E-state index is -0.927. The summed E-state index contributed by atoms with van der Waals surface area (Å²) in [7, 11) is 1.28. The molecule has 0 saturated heterocycles. The van der Waals surface area contributed by atoms with Gasteiger partial charge in [0.1, 0.15) is 18.3 Å². The maximum absolute atomic E-state index is 13.8. The van der Waals surface area contributed by atoms with Crippen molar-refractivity contribution in [2.45, 2.75) is 52.9 Å². The van der Waals surface area contributed by atoms with E-state index in [1.165, 1.54) is 7.11 Å². The molecule has 0 aromatic heterocycles. The Bertz CT molecular complexity index is 1020. The zero-order valence-corrected chi connectivity index (χ0v) is 21.8. The van der Waals surface area contributed by atoms with E-state index in [9.17, 15) is 14.4 Å². The first-order valence-electron chi connectivity index (χ1n) is 12.6. The Morgan fingerprint density at radius 1 is 1.03 bits per heavy atom. The summed E-state index contributed by atoms with van der Waals surface area (Å²) in [5.41, 5.74) is 2.85. The molecule has 3 atom stereocenters. The number of rotatable bonds is 11. The monoisotopic (exact) mass is 499 g/mol. The number of nitrogens with one attached hydrogen (secondary N) is 1. The number of ketones is 1. The van der Waals surface area contributed by atoms with Gasteiger partial charge >= 0.3 is 11.9 Å². The summed E-state index contributed by atoms with van der Waals surface area (Å²) in [5, 5.41) is 3.27. The molecule has 1 aliphatic heterocycles. The second kappa shape index (κ2) is 12.7. The minimum absolute atomic E-state index is 0.105. The van der Waals surface area contributed by atoms with Crippen LogP contribution in [0.15, 0.2) is 46.8 Å². The minimum Gasteiger partial charge on any atom is -0.494 e. The average Bonchev–Trinajstić information content (AvgIpc) is 2.86. The second-order valence-electron chi connectivity index (χ2n) is 9.20. The molecule has 0 bridgehead atoms. The number of allylic oxidation sites excluding steroid dienone is 3. The fourth-order valence-electron chi connectivity index (χ4n) is 4.78. The normalized spacial score (nSPS) is 21.6. The van der Waals surface area contributed by atoms with Crippen LogP contribution in [0.2, 0.25) is 0 Å². The molecular weight excluding hydrogens is 462 g/mol.